The fraction of sp³-hybridized carbons (Fsp3) is 0.514. The monoisotopic (exact) mass is 552 g/mol. The Bertz CT molecular complexity index is 962. The van der Waals surface area contributed by atoms with Gasteiger partial charge in [0.05, 0.1) is 0 Å². The Morgan fingerprint density at radius 3 is 1.50 bits per heavy atom. The number of rotatable bonds is 19. The zero-order valence-corrected chi connectivity index (χ0v) is 24.7. The molecule has 0 radical (unpaired) electrons. The molecule has 2 unspecified atom stereocenters. The SMILES string of the molecule is C=C/C(O)=C\C.CCCCCC(CCC(CCCCCCCCC(=O)O)c1ccc(O)cc1)c1ccc(O)cc1. The van der Waals surface area contributed by atoms with Gasteiger partial charge in [-0.2, -0.15) is 0 Å². The number of carbonyl (C=O) groups is 1. The van der Waals surface area contributed by atoms with Crippen molar-refractivity contribution in [3.63, 3.8) is 0 Å². The van der Waals surface area contributed by atoms with Crippen LogP contribution in [0.2, 0.25) is 0 Å². The average molecular weight is 553 g/mol. The molecule has 2 atom stereocenters. The first kappa shape index (κ1) is 34.8. The summed E-state index contributed by atoms with van der Waals surface area (Å²) < 4.78 is 0. The lowest BCUT2D eigenvalue weighted by molar-refractivity contribution is -0.137. The Balaban J connectivity index is 0.00000120. The van der Waals surface area contributed by atoms with Gasteiger partial charge >= 0.3 is 5.97 Å². The molecule has 2 aromatic rings. The summed E-state index contributed by atoms with van der Waals surface area (Å²) in [4.78, 5) is 10.6. The van der Waals surface area contributed by atoms with E-state index in [4.69, 9.17) is 10.2 Å². The summed E-state index contributed by atoms with van der Waals surface area (Å²) in [5.41, 5.74) is 2.62. The first-order chi connectivity index (χ1) is 19.3. The van der Waals surface area contributed by atoms with Crippen molar-refractivity contribution < 1.29 is 25.2 Å². The van der Waals surface area contributed by atoms with Crippen LogP contribution in [0.25, 0.3) is 0 Å². The number of phenolic OH excluding ortho intramolecular Hbond substituents is 2. The highest BCUT2D eigenvalue weighted by Crippen LogP contribution is 2.35. The van der Waals surface area contributed by atoms with Gasteiger partial charge in [-0.05, 0) is 98.4 Å². The first-order valence-electron chi connectivity index (χ1n) is 15.1. The summed E-state index contributed by atoms with van der Waals surface area (Å²) in [6.45, 7) is 7.30. The van der Waals surface area contributed by atoms with Gasteiger partial charge in [-0.15, -0.1) is 0 Å². The highest BCUT2D eigenvalue weighted by molar-refractivity contribution is 5.66. The Morgan fingerprint density at radius 2 is 1.12 bits per heavy atom. The molecule has 0 fully saturated rings. The second-order valence-electron chi connectivity index (χ2n) is 10.6. The quantitative estimate of drug-likeness (QED) is 0.0789. The van der Waals surface area contributed by atoms with Gasteiger partial charge in [-0.25, -0.2) is 0 Å². The molecule has 0 bridgehead atoms. The van der Waals surface area contributed by atoms with Gasteiger partial charge in [0.25, 0.3) is 0 Å². The maximum Gasteiger partial charge on any atom is 0.303 e. The molecule has 0 aromatic heterocycles. The highest BCUT2D eigenvalue weighted by Gasteiger charge is 2.17. The summed E-state index contributed by atoms with van der Waals surface area (Å²) in [7, 11) is 0. The van der Waals surface area contributed by atoms with Gasteiger partial charge in [-0.1, -0.05) is 89.1 Å². The van der Waals surface area contributed by atoms with Gasteiger partial charge in [-0.3, -0.25) is 4.79 Å². The Hall–Kier alpha value is -3.21. The normalized spacial score (nSPS) is 12.7. The number of unbranched alkanes of at least 4 members (excludes halogenated alkanes) is 7. The molecule has 2 aromatic carbocycles. The average Bonchev–Trinajstić information content (AvgIpc) is 2.95. The third-order valence-corrected chi connectivity index (χ3v) is 7.45. The topological polar surface area (TPSA) is 98.0 Å². The summed E-state index contributed by atoms with van der Waals surface area (Å²) in [5, 5.41) is 36.6. The van der Waals surface area contributed by atoms with Crippen molar-refractivity contribution in [2.45, 2.75) is 116 Å². The lowest BCUT2D eigenvalue weighted by atomic mass is 9.82. The van der Waals surface area contributed by atoms with Crippen molar-refractivity contribution in [2.24, 2.45) is 0 Å². The van der Waals surface area contributed by atoms with Crippen LogP contribution in [0.1, 0.15) is 127 Å². The van der Waals surface area contributed by atoms with E-state index < -0.39 is 5.97 Å². The lowest BCUT2D eigenvalue weighted by Crippen LogP contribution is -2.05. The zero-order valence-electron chi connectivity index (χ0n) is 24.7. The predicted octanol–water partition coefficient (Wildman–Crippen LogP) is 10.2. The van der Waals surface area contributed by atoms with Gasteiger partial charge in [0.15, 0.2) is 0 Å². The summed E-state index contributed by atoms with van der Waals surface area (Å²) >= 11 is 0. The molecular formula is C35H52O5. The van der Waals surface area contributed by atoms with Crippen molar-refractivity contribution in [3.8, 4) is 11.5 Å². The Labute approximate surface area is 242 Å². The maximum atomic E-state index is 10.6. The number of aliphatic carboxylic acids is 1. The number of hydrogen-bond acceptors (Lipinski definition) is 4. The van der Waals surface area contributed by atoms with Crippen LogP contribution in [0.15, 0.2) is 73.0 Å². The smallest absolute Gasteiger partial charge is 0.303 e. The molecule has 0 aliphatic carbocycles. The largest absolute Gasteiger partial charge is 0.508 e. The zero-order chi connectivity index (χ0) is 29.6. The van der Waals surface area contributed by atoms with Crippen LogP contribution in [-0.2, 0) is 4.79 Å². The Morgan fingerprint density at radius 1 is 0.700 bits per heavy atom. The fourth-order valence-electron chi connectivity index (χ4n) is 4.98. The van der Waals surface area contributed by atoms with Crippen LogP contribution in [0.3, 0.4) is 0 Å². The molecular weight excluding hydrogens is 500 g/mol. The molecule has 5 nitrogen and oxygen atoms in total. The van der Waals surface area contributed by atoms with Crippen LogP contribution in [-0.4, -0.2) is 26.4 Å². The molecule has 0 amide bonds. The molecule has 40 heavy (non-hydrogen) atoms. The first-order valence-corrected chi connectivity index (χ1v) is 15.1. The summed E-state index contributed by atoms with van der Waals surface area (Å²) in [6.07, 6.45) is 17.9. The molecule has 0 spiro atoms. The summed E-state index contributed by atoms with van der Waals surface area (Å²) in [6, 6.07) is 15.5. The minimum atomic E-state index is -0.697. The van der Waals surface area contributed by atoms with Gasteiger partial charge in [0.2, 0.25) is 0 Å². The number of benzene rings is 2. The summed E-state index contributed by atoms with van der Waals surface area (Å²) in [5.74, 6) is 1.14. The number of phenols is 2. The minimum Gasteiger partial charge on any atom is -0.508 e. The second-order valence-corrected chi connectivity index (χ2v) is 10.6. The number of aliphatic hydroxyl groups excluding tert-OH is 1. The van der Waals surface area contributed by atoms with E-state index in [9.17, 15) is 15.0 Å². The van der Waals surface area contributed by atoms with Gasteiger partial charge < -0.3 is 20.4 Å². The van der Waals surface area contributed by atoms with E-state index in [0.717, 1.165) is 44.9 Å². The van der Waals surface area contributed by atoms with E-state index in [0.29, 0.717) is 23.3 Å². The Kier molecular flexibility index (Phi) is 18.8. The van der Waals surface area contributed by atoms with Crippen molar-refractivity contribution >= 4 is 5.97 Å². The van der Waals surface area contributed by atoms with Gasteiger partial charge in [0, 0.05) is 6.42 Å². The molecule has 0 heterocycles. The number of carboxylic acid groups (broad SMARTS) is 1. The molecule has 5 heteroatoms. The fourth-order valence-corrected chi connectivity index (χ4v) is 4.98. The lowest BCUT2D eigenvalue weighted by Gasteiger charge is -2.23. The van der Waals surface area contributed by atoms with Crippen LogP contribution in [0.4, 0.5) is 0 Å². The van der Waals surface area contributed by atoms with E-state index in [2.05, 4.69) is 37.8 Å². The van der Waals surface area contributed by atoms with Crippen molar-refractivity contribution in [1.82, 2.24) is 0 Å². The standard InChI is InChI=1S/C30H44O4.C5H8O/c1-2-3-8-11-24(26-16-20-28(31)21-17-26)14-15-25(27-18-22-29(32)23-19-27)12-9-6-4-5-7-10-13-30(33)34;1-3-5(6)4-2/h16-25,31-32H,2-15H2,1H3,(H,33,34);3-4,6H,1H2,2H3/b;5-4+. The van der Waals surface area contributed by atoms with Crippen LogP contribution >= 0.6 is 0 Å². The molecule has 0 aliphatic rings. The molecule has 2 rings (SSSR count). The second kappa shape index (κ2) is 21.6. The molecule has 4 N–H and O–H groups in total. The van der Waals surface area contributed by atoms with Crippen LogP contribution in [0, 0.1) is 0 Å². The van der Waals surface area contributed by atoms with Crippen molar-refractivity contribution in [3.05, 3.63) is 84.1 Å². The maximum absolute atomic E-state index is 10.6. The number of aromatic hydroxyl groups is 2. The van der Waals surface area contributed by atoms with E-state index >= 15 is 0 Å². The third kappa shape index (κ3) is 16.0. The van der Waals surface area contributed by atoms with Crippen molar-refractivity contribution in [2.75, 3.05) is 0 Å². The van der Waals surface area contributed by atoms with E-state index in [1.165, 1.54) is 55.7 Å². The van der Waals surface area contributed by atoms with E-state index in [1.54, 1.807) is 37.3 Å². The van der Waals surface area contributed by atoms with Gasteiger partial charge in [0.1, 0.15) is 17.3 Å². The molecule has 222 valence electrons. The minimum absolute atomic E-state index is 0.231. The van der Waals surface area contributed by atoms with Crippen LogP contribution in [0.5, 0.6) is 11.5 Å². The highest BCUT2D eigenvalue weighted by atomic mass is 16.4. The molecule has 0 saturated heterocycles. The van der Waals surface area contributed by atoms with E-state index in [1.807, 2.05) is 0 Å². The predicted molar refractivity (Wildman–Crippen MR) is 166 cm³/mol. The third-order valence-electron chi connectivity index (χ3n) is 7.45. The molecule has 0 aliphatic heterocycles. The molecule has 0 saturated carbocycles. The van der Waals surface area contributed by atoms with E-state index in [-0.39, 0.29) is 12.2 Å². The number of allylic oxidation sites excluding steroid dienone is 2. The number of hydrogen-bond donors (Lipinski definition) is 4. The number of aliphatic hydroxyl groups is 1. The van der Waals surface area contributed by atoms with Crippen LogP contribution < -0.4 is 0 Å². The number of carboxylic acids is 1. The van der Waals surface area contributed by atoms with Crippen molar-refractivity contribution in [1.29, 1.82) is 0 Å².